The summed E-state index contributed by atoms with van der Waals surface area (Å²) in [5.41, 5.74) is 3.12. The van der Waals surface area contributed by atoms with E-state index in [4.69, 9.17) is 23.9 Å². The van der Waals surface area contributed by atoms with Gasteiger partial charge in [-0.2, -0.15) is 0 Å². The number of hydrogen-bond donors (Lipinski definition) is 0. The van der Waals surface area contributed by atoms with Crippen LogP contribution >= 0.6 is 11.3 Å². The Morgan fingerprint density at radius 3 is 2.18 bits per heavy atom. The van der Waals surface area contributed by atoms with Crippen LogP contribution in [0.5, 0.6) is 11.5 Å². The maximum Gasteiger partial charge on any atom is 0.250 e. The van der Waals surface area contributed by atoms with Gasteiger partial charge in [-0.25, -0.2) is 4.98 Å². The first-order valence-electron chi connectivity index (χ1n) is 12.4. The molecule has 2 aromatic carbocycles. The van der Waals surface area contributed by atoms with E-state index in [1.807, 2.05) is 47.8 Å². The van der Waals surface area contributed by atoms with Gasteiger partial charge in [0.05, 0.1) is 46.3 Å². The molecule has 0 fully saturated rings. The van der Waals surface area contributed by atoms with Crippen molar-refractivity contribution in [3.63, 3.8) is 0 Å². The van der Waals surface area contributed by atoms with Crippen LogP contribution in [-0.2, 0) is 35.7 Å². The molecule has 38 heavy (non-hydrogen) atoms. The van der Waals surface area contributed by atoms with Gasteiger partial charge in [-0.1, -0.05) is 30.3 Å². The number of methoxy groups -OCH3 is 2. The Bertz CT molecular complexity index is 1290. The van der Waals surface area contributed by atoms with Gasteiger partial charge in [0.15, 0.2) is 5.13 Å². The zero-order valence-electron chi connectivity index (χ0n) is 21.7. The number of aromatic nitrogens is 2. The highest BCUT2D eigenvalue weighted by Gasteiger charge is 2.14. The van der Waals surface area contributed by atoms with Gasteiger partial charge in [-0.15, -0.1) is 11.3 Å². The molecule has 4 aromatic rings. The molecule has 0 radical (unpaired) electrons. The van der Waals surface area contributed by atoms with Crippen molar-refractivity contribution in [2.24, 2.45) is 0 Å². The second kappa shape index (κ2) is 14.3. The largest absolute Gasteiger partial charge is 0.497 e. The summed E-state index contributed by atoms with van der Waals surface area (Å²) < 4.78 is 23.8. The van der Waals surface area contributed by atoms with Gasteiger partial charge in [-0.05, 0) is 41.5 Å². The Kier molecular flexibility index (Phi) is 10.3. The highest BCUT2D eigenvalue weighted by molar-refractivity contribution is 7.13. The zero-order valence-corrected chi connectivity index (χ0v) is 22.6. The smallest absolute Gasteiger partial charge is 0.250 e. The number of thiazole rings is 1. The molecule has 0 spiro atoms. The Hall–Kier alpha value is -3.66. The van der Waals surface area contributed by atoms with Gasteiger partial charge in [0.2, 0.25) is 0 Å². The van der Waals surface area contributed by atoms with Gasteiger partial charge in [0.1, 0.15) is 11.5 Å². The van der Waals surface area contributed by atoms with E-state index in [1.54, 1.807) is 48.5 Å². The highest BCUT2D eigenvalue weighted by atomic mass is 32.1. The second-order valence-corrected chi connectivity index (χ2v) is 9.41. The van der Waals surface area contributed by atoms with E-state index in [9.17, 15) is 4.79 Å². The van der Waals surface area contributed by atoms with Gasteiger partial charge < -0.3 is 28.4 Å². The molecule has 0 bridgehead atoms. The fourth-order valence-electron chi connectivity index (χ4n) is 3.89. The molecule has 4 rings (SSSR count). The minimum atomic E-state index is -0.0291. The summed E-state index contributed by atoms with van der Waals surface area (Å²) in [6.45, 7) is 3.65. The van der Waals surface area contributed by atoms with Crippen LogP contribution in [0.3, 0.4) is 0 Å². The van der Waals surface area contributed by atoms with Crippen molar-refractivity contribution in [3.8, 4) is 11.5 Å². The summed E-state index contributed by atoms with van der Waals surface area (Å²) in [6, 6.07) is 21.3. The van der Waals surface area contributed by atoms with Crippen molar-refractivity contribution in [1.29, 1.82) is 0 Å². The SMILES string of the molecule is COc1cccc(CN(Cc2cccc(OC)c2)c2nc(COCCOCCn3ccccc3=O)cs2)c1. The average molecular weight is 536 g/mol. The molecule has 0 aliphatic heterocycles. The number of nitrogens with zero attached hydrogens (tertiary/aromatic N) is 3. The van der Waals surface area contributed by atoms with E-state index in [0.29, 0.717) is 46.1 Å². The first-order valence-corrected chi connectivity index (χ1v) is 13.3. The van der Waals surface area contributed by atoms with Gasteiger partial charge >= 0.3 is 0 Å². The molecule has 2 heterocycles. The summed E-state index contributed by atoms with van der Waals surface area (Å²) in [5.74, 6) is 1.66. The summed E-state index contributed by atoms with van der Waals surface area (Å²) in [4.78, 5) is 18.8. The van der Waals surface area contributed by atoms with E-state index in [1.165, 1.54) is 0 Å². The summed E-state index contributed by atoms with van der Waals surface area (Å²) in [5, 5.41) is 2.95. The number of ether oxygens (including phenoxy) is 4. The van der Waals surface area contributed by atoms with Crippen LogP contribution in [0.15, 0.2) is 83.1 Å². The zero-order chi connectivity index (χ0) is 26.6. The third-order valence-corrected chi connectivity index (χ3v) is 6.77. The monoisotopic (exact) mass is 535 g/mol. The molecule has 0 atom stereocenters. The first-order chi connectivity index (χ1) is 18.6. The van der Waals surface area contributed by atoms with Crippen molar-refractivity contribution in [2.45, 2.75) is 26.2 Å². The average Bonchev–Trinajstić information content (AvgIpc) is 3.42. The molecule has 0 unspecified atom stereocenters. The van der Waals surface area contributed by atoms with E-state index in [0.717, 1.165) is 33.5 Å². The third kappa shape index (κ3) is 8.17. The minimum absolute atomic E-state index is 0.0291. The van der Waals surface area contributed by atoms with Crippen molar-refractivity contribution in [2.75, 3.05) is 38.9 Å². The number of hydrogen-bond acceptors (Lipinski definition) is 8. The molecular formula is C29H33N3O5S. The Morgan fingerprint density at radius 2 is 1.53 bits per heavy atom. The van der Waals surface area contributed by atoms with E-state index in [2.05, 4.69) is 17.0 Å². The lowest BCUT2D eigenvalue weighted by molar-refractivity contribution is 0.0368. The Morgan fingerprint density at radius 1 is 0.842 bits per heavy atom. The van der Waals surface area contributed by atoms with Crippen LogP contribution in [0.2, 0.25) is 0 Å². The summed E-state index contributed by atoms with van der Waals surface area (Å²) in [7, 11) is 3.35. The minimum Gasteiger partial charge on any atom is -0.497 e. The molecular weight excluding hydrogens is 502 g/mol. The van der Waals surface area contributed by atoms with E-state index >= 15 is 0 Å². The lowest BCUT2D eigenvalue weighted by Gasteiger charge is -2.22. The fourth-order valence-corrected chi connectivity index (χ4v) is 4.70. The molecule has 200 valence electrons. The Labute approximate surface area is 227 Å². The van der Waals surface area contributed by atoms with Crippen LogP contribution < -0.4 is 19.9 Å². The molecule has 0 saturated heterocycles. The topological polar surface area (TPSA) is 75.1 Å². The van der Waals surface area contributed by atoms with E-state index < -0.39 is 0 Å². The number of pyridine rings is 1. The maximum absolute atomic E-state index is 11.7. The number of rotatable bonds is 15. The molecule has 2 aromatic heterocycles. The number of benzene rings is 2. The van der Waals surface area contributed by atoms with Gasteiger partial charge in [0, 0.05) is 37.3 Å². The predicted octanol–water partition coefficient (Wildman–Crippen LogP) is 4.76. The molecule has 0 amide bonds. The predicted molar refractivity (Wildman–Crippen MR) is 149 cm³/mol. The van der Waals surface area contributed by atoms with Gasteiger partial charge in [0.25, 0.3) is 5.56 Å². The molecule has 0 aliphatic rings. The maximum atomic E-state index is 11.7. The lowest BCUT2D eigenvalue weighted by atomic mass is 10.1. The molecule has 9 heteroatoms. The van der Waals surface area contributed by atoms with Crippen LogP contribution in [0.25, 0.3) is 0 Å². The van der Waals surface area contributed by atoms with Crippen molar-refractivity contribution in [3.05, 3.63) is 105 Å². The summed E-state index contributed by atoms with van der Waals surface area (Å²) in [6.07, 6.45) is 1.76. The van der Waals surface area contributed by atoms with E-state index in [-0.39, 0.29) is 5.56 Å². The first kappa shape index (κ1) is 27.4. The van der Waals surface area contributed by atoms with Crippen LogP contribution in [0, 0.1) is 0 Å². The van der Waals surface area contributed by atoms with Crippen molar-refractivity contribution in [1.82, 2.24) is 9.55 Å². The molecule has 0 N–H and O–H groups in total. The quantitative estimate of drug-likeness (QED) is 0.203. The normalized spacial score (nSPS) is 10.9. The van der Waals surface area contributed by atoms with Crippen molar-refractivity contribution >= 4 is 16.5 Å². The van der Waals surface area contributed by atoms with Crippen LogP contribution in [0.1, 0.15) is 16.8 Å². The summed E-state index contributed by atoms with van der Waals surface area (Å²) >= 11 is 1.60. The fraction of sp³-hybridized carbons (Fsp3) is 0.310. The molecule has 0 saturated carbocycles. The molecule has 8 nitrogen and oxygen atoms in total. The number of anilines is 1. The Balaban J connectivity index is 1.32. The third-order valence-electron chi connectivity index (χ3n) is 5.82. The second-order valence-electron chi connectivity index (χ2n) is 8.58. The molecule has 0 aliphatic carbocycles. The lowest BCUT2D eigenvalue weighted by Crippen LogP contribution is -2.22. The van der Waals surface area contributed by atoms with Gasteiger partial charge in [-0.3, -0.25) is 4.79 Å². The van der Waals surface area contributed by atoms with Crippen LogP contribution in [-0.4, -0.2) is 43.6 Å². The van der Waals surface area contributed by atoms with Crippen molar-refractivity contribution < 1.29 is 18.9 Å². The highest BCUT2D eigenvalue weighted by Crippen LogP contribution is 2.27. The standard InChI is InChI=1S/C29H33N3O5S/c1-34-26-9-5-7-23(17-26)19-32(20-24-8-6-10-27(18-24)35-2)29-30-25(22-38-29)21-37-16-15-36-14-13-31-12-4-3-11-28(31)33/h3-12,17-18,22H,13-16,19-21H2,1-2H3. The van der Waals surface area contributed by atoms with Crippen LogP contribution in [0.4, 0.5) is 5.13 Å².